The summed E-state index contributed by atoms with van der Waals surface area (Å²) in [5, 5.41) is 3.27. The first kappa shape index (κ1) is 16.6. The molecule has 0 saturated carbocycles. The minimum atomic E-state index is 0.416. The Morgan fingerprint density at radius 3 is 1.82 bits per heavy atom. The lowest BCUT2D eigenvalue weighted by Gasteiger charge is -2.19. The van der Waals surface area contributed by atoms with Gasteiger partial charge in [-0.15, -0.1) is 0 Å². The molecule has 0 aliphatic rings. The molecule has 0 spiro atoms. The zero-order chi connectivity index (χ0) is 15.9. The monoisotopic (exact) mass is 297 g/mol. The maximum atomic E-state index is 5.27. The summed E-state index contributed by atoms with van der Waals surface area (Å²) in [5.41, 5.74) is 4.11. The van der Waals surface area contributed by atoms with Gasteiger partial charge in [0, 0.05) is 5.92 Å². The highest BCUT2D eigenvalue weighted by Crippen LogP contribution is 2.30. The van der Waals surface area contributed by atoms with Crippen LogP contribution in [0.2, 0.25) is 0 Å². The number of methoxy groups -OCH3 is 1. The molecular weight excluding hydrogens is 270 g/mol. The molecule has 0 bridgehead atoms. The molecule has 0 aliphatic carbocycles. The largest absolute Gasteiger partial charge is 0.497 e. The van der Waals surface area contributed by atoms with Crippen molar-refractivity contribution in [3.8, 4) is 5.75 Å². The fraction of sp³-hybridized carbons (Fsp3) is 0.400. The van der Waals surface area contributed by atoms with E-state index in [2.05, 4.69) is 55.6 Å². The van der Waals surface area contributed by atoms with Gasteiger partial charge in [0.05, 0.1) is 7.11 Å². The molecule has 2 nitrogen and oxygen atoms in total. The molecule has 118 valence electrons. The SMILES string of the molecule is CNCCC(c1ccc(OC)cc1)c1ccc(C(C)C)cc1. The quantitative estimate of drug-likeness (QED) is 0.809. The van der Waals surface area contributed by atoms with Gasteiger partial charge in [0.25, 0.3) is 0 Å². The zero-order valence-corrected chi connectivity index (χ0v) is 14.1. The van der Waals surface area contributed by atoms with E-state index in [1.165, 1.54) is 16.7 Å². The van der Waals surface area contributed by atoms with Crippen LogP contribution in [0.4, 0.5) is 0 Å². The highest BCUT2D eigenvalue weighted by Gasteiger charge is 2.14. The topological polar surface area (TPSA) is 21.3 Å². The molecule has 0 radical (unpaired) electrons. The summed E-state index contributed by atoms with van der Waals surface area (Å²) in [6.45, 7) is 5.47. The van der Waals surface area contributed by atoms with Crippen LogP contribution in [0.1, 0.15) is 48.8 Å². The van der Waals surface area contributed by atoms with Gasteiger partial charge in [-0.2, -0.15) is 0 Å². The number of hydrogen-bond donors (Lipinski definition) is 1. The molecule has 1 N–H and O–H groups in total. The van der Waals surface area contributed by atoms with Crippen molar-refractivity contribution in [3.05, 3.63) is 65.2 Å². The Morgan fingerprint density at radius 2 is 1.36 bits per heavy atom. The van der Waals surface area contributed by atoms with Gasteiger partial charge in [0.2, 0.25) is 0 Å². The summed E-state index contributed by atoms with van der Waals surface area (Å²) < 4.78 is 5.27. The maximum Gasteiger partial charge on any atom is 0.118 e. The fourth-order valence-electron chi connectivity index (χ4n) is 2.76. The van der Waals surface area contributed by atoms with E-state index in [0.29, 0.717) is 11.8 Å². The highest BCUT2D eigenvalue weighted by molar-refractivity contribution is 5.37. The first-order valence-corrected chi connectivity index (χ1v) is 8.04. The van der Waals surface area contributed by atoms with Crippen LogP contribution < -0.4 is 10.1 Å². The second-order valence-corrected chi connectivity index (χ2v) is 6.04. The van der Waals surface area contributed by atoms with Gasteiger partial charge in [-0.05, 0) is 54.8 Å². The van der Waals surface area contributed by atoms with Gasteiger partial charge in [-0.25, -0.2) is 0 Å². The molecule has 0 fully saturated rings. The standard InChI is InChI=1S/C20H27NO/c1-15(2)16-5-7-17(8-6-16)20(13-14-21-3)18-9-11-19(22-4)12-10-18/h5-12,15,20-21H,13-14H2,1-4H3. The van der Waals surface area contributed by atoms with Crippen LogP contribution in [0.15, 0.2) is 48.5 Å². The van der Waals surface area contributed by atoms with Gasteiger partial charge in [-0.1, -0.05) is 50.2 Å². The number of hydrogen-bond acceptors (Lipinski definition) is 2. The van der Waals surface area contributed by atoms with Crippen molar-refractivity contribution < 1.29 is 4.74 Å². The fourth-order valence-corrected chi connectivity index (χ4v) is 2.76. The van der Waals surface area contributed by atoms with E-state index in [0.717, 1.165) is 18.7 Å². The van der Waals surface area contributed by atoms with Gasteiger partial charge >= 0.3 is 0 Å². The Labute approximate surface area is 134 Å². The molecule has 2 aromatic rings. The Kier molecular flexibility index (Phi) is 6.02. The van der Waals surface area contributed by atoms with Crippen LogP contribution in [-0.4, -0.2) is 20.7 Å². The highest BCUT2D eigenvalue weighted by atomic mass is 16.5. The molecule has 0 aromatic heterocycles. The molecule has 1 unspecified atom stereocenters. The van der Waals surface area contributed by atoms with E-state index < -0.39 is 0 Å². The number of nitrogens with one attached hydrogen (secondary N) is 1. The second kappa shape index (κ2) is 8.00. The van der Waals surface area contributed by atoms with E-state index in [9.17, 15) is 0 Å². The van der Waals surface area contributed by atoms with Crippen LogP contribution in [-0.2, 0) is 0 Å². The Morgan fingerprint density at radius 1 is 0.864 bits per heavy atom. The normalized spacial score (nSPS) is 12.4. The molecule has 1 atom stereocenters. The van der Waals surface area contributed by atoms with E-state index in [4.69, 9.17) is 4.74 Å². The Hall–Kier alpha value is -1.80. The van der Waals surface area contributed by atoms with Gasteiger partial charge in [0.1, 0.15) is 5.75 Å². The van der Waals surface area contributed by atoms with Crippen LogP contribution in [0.3, 0.4) is 0 Å². The summed E-state index contributed by atoms with van der Waals surface area (Å²) in [6.07, 6.45) is 1.09. The Balaban J connectivity index is 2.27. The lowest BCUT2D eigenvalue weighted by Crippen LogP contribution is -2.13. The van der Waals surface area contributed by atoms with Gasteiger partial charge < -0.3 is 10.1 Å². The molecule has 0 amide bonds. The molecule has 0 saturated heterocycles. The predicted octanol–water partition coefficient (Wildman–Crippen LogP) is 4.56. The third kappa shape index (κ3) is 4.11. The smallest absolute Gasteiger partial charge is 0.118 e. The predicted molar refractivity (Wildman–Crippen MR) is 93.9 cm³/mol. The Bertz CT molecular complexity index is 557. The summed E-state index contributed by atoms with van der Waals surface area (Å²) >= 11 is 0. The minimum Gasteiger partial charge on any atom is -0.497 e. The van der Waals surface area contributed by atoms with Crippen molar-refractivity contribution in [2.75, 3.05) is 20.7 Å². The van der Waals surface area contributed by atoms with Crippen LogP contribution in [0.25, 0.3) is 0 Å². The van der Waals surface area contributed by atoms with Crippen molar-refractivity contribution in [3.63, 3.8) is 0 Å². The summed E-state index contributed by atoms with van der Waals surface area (Å²) in [7, 11) is 3.71. The van der Waals surface area contributed by atoms with Crippen molar-refractivity contribution in [1.29, 1.82) is 0 Å². The van der Waals surface area contributed by atoms with Crippen LogP contribution in [0, 0.1) is 0 Å². The molecule has 22 heavy (non-hydrogen) atoms. The summed E-state index contributed by atoms with van der Waals surface area (Å²) in [6, 6.07) is 17.5. The molecular formula is C20H27NO. The van der Waals surface area contributed by atoms with Crippen molar-refractivity contribution in [2.45, 2.75) is 32.1 Å². The average molecular weight is 297 g/mol. The molecule has 2 heteroatoms. The molecule has 2 aromatic carbocycles. The van der Waals surface area contributed by atoms with E-state index in [-0.39, 0.29) is 0 Å². The first-order valence-electron chi connectivity index (χ1n) is 8.04. The number of ether oxygens (including phenoxy) is 1. The molecule has 2 rings (SSSR count). The third-order valence-corrected chi connectivity index (χ3v) is 4.21. The summed E-state index contributed by atoms with van der Waals surface area (Å²) in [5.74, 6) is 1.90. The van der Waals surface area contributed by atoms with Crippen molar-refractivity contribution >= 4 is 0 Å². The zero-order valence-electron chi connectivity index (χ0n) is 14.1. The molecule has 0 heterocycles. The van der Waals surface area contributed by atoms with Crippen molar-refractivity contribution in [1.82, 2.24) is 5.32 Å². The van der Waals surface area contributed by atoms with E-state index in [1.54, 1.807) is 7.11 Å². The lowest BCUT2D eigenvalue weighted by atomic mass is 9.87. The molecule has 0 aliphatic heterocycles. The van der Waals surface area contributed by atoms with Crippen molar-refractivity contribution in [2.24, 2.45) is 0 Å². The number of benzene rings is 2. The first-order chi connectivity index (χ1) is 10.7. The third-order valence-electron chi connectivity index (χ3n) is 4.21. The van der Waals surface area contributed by atoms with E-state index in [1.807, 2.05) is 19.2 Å². The van der Waals surface area contributed by atoms with E-state index >= 15 is 0 Å². The minimum absolute atomic E-state index is 0.416. The number of rotatable bonds is 7. The van der Waals surface area contributed by atoms with Gasteiger partial charge in [-0.3, -0.25) is 0 Å². The second-order valence-electron chi connectivity index (χ2n) is 6.04. The van der Waals surface area contributed by atoms with Crippen LogP contribution >= 0.6 is 0 Å². The van der Waals surface area contributed by atoms with Gasteiger partial charge in [0.15, 0.2) is 0 Å². The summed E-state index contributed by atoms with van der Waals surface area (Å²) in [4.78, 5) is 0. The lowest BCUT2D eigenvalue weighted by molar-refractivity contribution is 0.414. The van der Waals surface area contributed by atoms with Crippen LogP contribution in [0.5, 0.6) is 5.75 Å². The maximum absolute atomic E-state index is 5.27. The average Bonchev–Trinajstić information content (AvgIpc) is 2.56.